The lowest BCUT2D eigenvalue weighted by Gasteiger charge is -2.18. The van der Waals surface area contributed by atoms with Crippen molar-refractivity contribution in [2.75, 3.05) is 15.5 Å². The van der Waals surface area contributed by atoms with Gasteiger partial charge in [-0.15, -0.1) is 10.2 Å². The molecule has 37 heavy (non-hydrogen) atoms. The maximum atomic E-state index is 13.0. The number of halogens is 3. The SMILES string of the molecule is CC(C)(C)c1ccc2c(n1)C(=O)N(c1ccc(N[C@H]3CC[C@H](Nc4ncc(C(F)(F)F)nn4)C3)nc1)C2. The predicted octanol–water partition coefficient (Wildman–Crippen LogP) is 4.58. The summed E-state index contributed by atoms with van der Waals surface area (Å²) in [7, 11) is 0. The first kappa shape index (κ1) is 24.8. The smallest absolute Gasteiger partial charge is 0.367 e. The van der Waals surface area contributed by atoms with Crippen LogP contribution in [-0.2, 0) is 18.1 Å². The molecule has 1 fully saturated rings. The molecular formula is C25H27F3N8O. The number of alkyl halides is 3. The second kappa shape index (κ2) is 9.24. The fraction of sp³-hybridized carbons (Fsp3) is 0.440. The Balaban J connectivity index is 1.17. The third-order valence-corrected chi connectivity index (χ3v) is 6.55. The summed E-state index contributed by atoms with van der Waals surface area (Å²) >= 11 is 0. The molecule has 1 aliphatic carbocycles. The van der Waals surface area contributed by atoms with Crippen LogP contribution in [0.5, 0.6) is 0 Å². The number of pyridine rings is 2. The van der Waals surface area contributed by atoms with Crippen molar-refractivity contribution in [3.05, 3.63) is 59.3 Å². The van der Waals surface area contributed by atoms with E-state index in [1.54, 1.807) is 11.1 Å². The average Bonchev–Trinajstić information content (AvgIpc) is 3.42. The van der Waals surface area contributed by atoms with Crippen molar-refractivity contribution in [2.45, 2.75) is 70.3 Å². The van der Waals surface area contributed by atoms with Crippen LogP contribution in [0.15, 0.2) is 36.7 Å². The Morgan fingerprint density at radius 2 is 1.68 bits per heavy atom. The highest BCUT2D eigenvalue weighted by Gasteiger charge is 2.34. The van der Waals surface area contributed by atoms with Gasteiger partial charge in [0.25, 0.3) is 5.91 Å². The minimum atomic E-state index is -4.57. The standard InChI is InChI=1S/C25H27F3N8O/c1-24(2,3)18-8-4-14-13-36(22(37)21(14)33-18)17-7-9-20(29-11-17)31-15-5-6-16(10-15)32-23-30-12-19(34-35-23)25(26,27)28/h4,7-9,11-12,15-16H,5-6,10,13H2,1-3H3,(H,29,31)(H,30,32,35)/t15-,16-/m0/s1. The molecule has 0 bridgehead atoms. The number of fused-ring (bicyclic) bond motifs is 1. The lowest BCUT2D eigenvalue weighted by atomic mass is 9.91. The van der Waals surface area contributed by atoms with E-state index in [0.29, 0.717) is 29.9 Å². The van der Waals surface area contributed by atoms with Crippen molar-refractivity contribution in [2.24, 2.45) is 0 Å². The number of nitrogens with one attached hydrogen (secondary N) is 2. The Kier molecular flexibility index (Phi) is 6.20. The van der Waals surface area contributed by atoms with E-state index in [4.69, 9.17) is 0 Å². The van der Waals surface area contributed by atoms with Crippen molar-refractivity contribution < 1.29 is 18.0 Å². The van der Waals surface area contributed by atoms with Gasteiger partial charge in [0.1, 0.15) is 11.5 Å². The molecule has 9 nitrogen and oxygen atoms in total. The first-order valence-corrected chi connectivity index (χ1v) is 12.1. The Bertz CT molecular complexity index is 1290. The number of aromatic nitrogens is 5. The molecule has 2 N–H and O–H groups in total. The highest BCUT2D eigenvalue weighted by Crippen LogP contribution is 2.31. The molecule has 0 spiro atoms. The molecule has 3 aromatic heterocycles. The molecule has 2 aliphatic rings. The number of anilines is 3. The van der Waals surface area contributed by atoms with Gasteiger partial charge in [-0.3, -0.25) is 4.79 Å². The third kappa shape index (κ3) is 5.32. The van der Waals surface area contributed by atoms with Gasteiger partial charge in [0.2, 0.25) is 5.95 Å². The molecule has 0 unspecified atom stereocenters. The zero-order valence-corrected chi connectivity index (χ0v) is 20.7. The molecule has 194 valence electrons. The van der Waals surface area contributed by atoms with Gasteiger partial charge in [-0.25, -0.2) is 15.0 Å². The average molecular weight is 513 g/mol. The van der Waals surface area contributed by atoms with Crippen LogP contribution in [0.3, 0.4) is 0 Å². The zero-order valence-electron chi connectivity index (χ0n) is 20.7. The Labute approximate surface area is 211 Å². The van der Waals surface area contributed by atoms with Gasteiger partial charge in [0.15, 0.2) is 5.69 Å². The summed E-state index contributed by atoms with van der Waals surface area (Å²) in [5, 5.41) is 13.2. The number of hydrogen-bond acceptors (Lipinski definition) is 8. The number of carbonyl (C=O) groups excluding carboxylic acids is 1. The summed E-state index contributed by atoms with van der Waals surface area (Å²) in [6, 6.07) is 7.77. The van der Waals surface area contributed by atoms with Gasteiger partial charge in [-0.1, -0.05) is 26.8 Å². The summed E-state index contributed by atoms with van der Waals surface area (Å²) in [5.74, 6) is 0.619. The van der Waals surface area contributed by atoms with E-state index in [-0.39, 0.29) is 29.4 Å². The maximum Gasteiger partial charge on any atom is 0.436 e. The summed E-state index contributed by atoms with van der Waals surface area (Å²) in [6.07, 6.45) is 0.136. The van der Waals surface area contributed by atoms with Crippen LogP contribution in [0.25, 0.3) is 0 Å². The van der Waals surface area contributed by atoms with Crippen LogP contribution in [0, 0.1) is 0 Å². The Morgan fingerprint density at radius 1 is 0.919 bits per heavy atom. The largest absolute Gasteiger partial charge is 0.436 e. The molecule has 12 heteroatoms. The summed E-state index contributed by atoms with van der Waals surface area (Å²) in [6.45, 7) is 6.65. The summed E-state index contributed by atoms with van der Waals surface area (Å²) in [5.41, 5.74) is 1.70. The molecule has 1 amide bonds. The van der Waals surface area contributed by atoms with E-state index in [9.17, 15) is 18.0 Å². The highest BCUT2D eigenvalue weighted by molar-refractivity contribution is 6.08. The lowest BCUT2D eigenvalue weighted by molar-refractivity contribution is -0.142. The molecule has 1 saturated carbocycles. The fourth-order valence-electron chi connectivity index (χ4n) is 4.53. The minimum Gasteiger partial charge on any atom is -0.367 e. The van der Waals surface area contributed by atoms with E-state index in [0.717, 1.165) is 30.5 Å². The molecular weight excluding hydrogens is 485 g/mol. The van der Waals surface area contributed by atoms with Crippen LogP contribution in [0.1, 0.15) is 67.5 Å². The quantitative estimate of drug-likeness (QED) is 0.511. The first-order chi connectivity index (χ1) is 17.5. The topological polar surface area (TPSA) is 109 Å². The van der Waals surface area contributed by atoms with Crippen molar-refractivity contribution in [3.8, 4) is 0 Å². The molecule has 2 atom stereocenters. The minimum absolute atomic E-state index is 0.00141. The number of nitrogens with zero attached hydrogens (tertiary/aromatic N) is 6. The van der Waals surface area contributed by atoms with E-state index in [2.05, 4.69) is 56.6 Å². The van der Waals surface area contributed by atoms with Crippen molar-refractivity contribution >= 4 is 23.4 Å². The van der Waals surface area contributed by atoms with Crippen LogP contribution in [-0.4, -0.2) is 43.1 Å². The first-order valence-electron chi connectivity index (χ1n) is 12.1. The molecule has 0 saturated heterocycles. The van der Waals surface area contributed by atoms with Gasteiger partial charge < -0.3 is 15.5 Å². The van der Waals surface area contributed by atoms with E-state index in [1.807, 2.05) is 24.3 Å². The van der Waals surface area contributed by atoms with Gasteiger partial charge in [0.05, 0.1) is 24.6 Å². The normalized spacial score (nSPS) is 19.7. The van der Waals surface area contributed by atoms with Gasteiger partial charge >= 0.3 is 6.18 Å². The monoisotopic (exact) mass is 512 g/mol. The van der Waals surface area contributed by atoms with Crippen LogP contribution in [0.4, 0.5) is 30.6 Å². The van der Waals surface area contributed by atoms with Crippen LogP contribution >= 0.6 is 0 Å². The van der Waals surface area contributed by atoms with Crippen LogP contribution < -0.4 is 15.5 Å². The van der Waals surface area contributed by atoms with E-state index < -0.39 is 11.9 Å². The van der Waals surface area contributed by atoms with Gasteiger partial charge in [0, 0.05) is 28.8 Å². The van der Waals surface area contributed by atoms with E-state index in [1.165, 1.54) is 0 Å². The number of carbonyl (C=O) groups is 1. The molecule has 1 aliphatic heterocycles. The Morgan fingerprint density at radius 3 is 2.30 bits per heavy atom. The summed E-state index contributed by atoms with van der Waals surface area (Å²) < 4.78 is 37.9. The lowest BCUT2D eigenvalue weighted by Crippen LogP contribution is -2.24. The van der Waals surface area contributed by atoms with Crippen molar-refractivity contribution in [1.29, 1.82) is 0 Å². The van der Waals surface area contributed by atoms with E-state index >= 15 is 0 Å². The van der Waals surface area contributed by atoms with Crippen molar-refractivity contribution in [1.82, 2.24) is 25.1 Å². The molecule has 0 radical (unpaired) electrons. The molecule has 4 heterocycles. The maximum absolute atomic E-state index is 13.0. The zero-order chi connectivity index (χ0) is 26.4. The predicted molar refractivity (Wildman–Crippen MR) is 131 cm³/mol. The fourth-order valence-corrected chi connectivity index (χ4v) is 4.53. The molecule has 0 aromatic carbocycles. The summed E-state index contributed by atoms with van der Waals surface area (Å²) in [4.78, 5) is 27.6. The Hall–Kier alpha value is -3.83. The number of rotatable bonds is 5. The van der Waals surface area contributed by atoms with Crippen molar-refractivity contribution in [3.63, 3.8) is 0 Å². The van der Waals surface area contributed by atoms with Crippen LogP contribution in [0.2, 0.25) is 0 Å². The van der Waals surface area contributed by atoms with Gasteiger partial charge in [-0.2, -0.15) is 13.2 Å². The second-order valence-corrected chi connectivity index (χ2v) is 10.4. The second-order valence-electron chi connectivity index (χ2n) is 10.4. The third-order valence-electron chi connectivity index (χ3n) is 6.55. The highest BCUT2D eigenvalue weighted by atomic mass is 19.4. The molecule has 5 rings (SSSR count). The molecule has 3 aromatic rings. The number of hydrogen-bond donors (Lipinski definition) is 2. The van der Waals surface area contributed by atoms with Gasteiger partial charge in [-0.05, 0) is 37.5 Å². The number of amides is 1.